The molecule has 2 nitrogen and oxygen atoms in total. The van der Waals surface area contributed by atoms with Crippen LogP contribution in [0.1, 0.15) is 6.92 Å². The summed E-state index contributed by atoms with van der Waals surface area (Å²) in [4.78, 5) is 0. The van der Waals surface area contributed by atoms with Gasteiger partial charge in [0.25, 0.3) is 0 Å². The highest BCUT2D eigenvalue weighted by molar-refractivity contribution is 9.11. The topological polar surface area (TPSA) is 24.7 Å². The quantitative estimate of drug-likeness (QED) is 0.588. The summed E-state index contributed by atoms with van der Waals surface area (Å²) in [5.74, 6) is 0. The third-order valence-corrected chi connectivity index (χ3v) is 2.78. The summed E-state index contributed by atoms with van der Waals surface area (Å²) < 4.78 is 1.13. The lowest BCUT2D eigenvalue weighted by molar-refractivity contribution is 0.927. The molecule has 2 rings (SSSR count). The predicted molar refractivity (Wildman–Crippen MR) is 47.5 cm³/mol. The van der Waals surface area contributed by atoms with Gasteiger partial charge in [-0.15, -0.1) is 0 Å². The van der Waals surface area contributed by atoms with Gasteiger partial charge >= 0.3 is 0 Å². The van der Waals surface area contributed by atoms with Crippen molar-refractivity contribution >= 4 is 15.9 Å². The summed E-state index contributed by atoms with van der Waals surface area (Å²) in [6.07, 6.45) is 5.89. The summed E-state index contributed by atoms with van der Waals surface area (Å²) in [7, 11) is 0. The minimum Gasteiger partial charge on any atom is -0.177 e. The van der Waals surface area contributed by atoms with Crippen LogP contribution in [-0.2, 0) is 0 Å². The molecule has 0 aromatic carbocycles. The minimum atomic E-state index is 0.177. The summed E-state index contributed by atoms with van der Waals surface area (Å²) in [5.41, 5.74) is 2.45. The van der Waals surface area contributed by atoms with Crippen molar-refractivity contribution in [1.82, 2.24) is 0 Å². The number of hydrogen-bond donors (Lipinski definition) is 0. The van der Waals surface area contributed by atoms with Crippen LogP contribution in [0.5, 0.6) is 0 Å². The molecule has 0 amide bonds. The predicted octanol–water partition coefficient (Wildman–Crippen LogP) is 2.94. The van der Waals surface area contributed by atoms with E-state index in [1.54, 1.807) is 0 Å². The molecule has 3 heteroatoms. The monoisotopic (exact) mass is 210 g/mol. The molecule has 0 unspecified atom stereocenters. The average Bonchev–Trinajstić information content (AvgIpc) is 2.45. The molecule has 0 N–H and O–H groups in total. The number of hydrogen-bond acceptors (Lipinski definition) is 2. The number of halogens is 1. The van der Waals surface area contributed by atoms with Gasteiger partial charge in [0.2, 0.25) is 0 Å². The molecule has 0 radical (unpaired) electrons. The Hall–Kier alpha value is -0.700. The lowest BCUT2D eigenvalue weighted by Crippen LogP contribution is -2.06. The number of allylic oxidation sites excluding steroid dienone is 2. The lowest BCUT2D eigenvalue weighted by atomic mass is 9.97. The van der Waals surface area contributed by atoms with Gasteiger partial charge in [0.15, 0.2) is 0 Å². The molecular formula is C8H7BrN2. The molecule has 0 saturated carbocycles. The Kier molecular flexibility index (Phi) is 1.53. The number of azo groups is 1. The van der Waals surface area contributed by atoms with Gasteiger partial charge in [0, 0.05) is 10.1 Å². The maximum absolute atomic E-state index is 4.03. The Morgan fingerprint density at radius 3 is 3.18 bits per heavy atom. The van der Waals surface area contributed by atoms with Gasteiger partial charge < -0.3 is 0 Å². The molecule has 0 aromatic heterocycles. The molecular weight excluding hydrogens is 204 g/mol. The number of rotatable bonds is 0. The lowest BCUT2D eigenvalue weighted by Gasteiger charge is -2.13. The van der Waals surface area contributed by atoms with Crippen LogP contribution >= 0.6 is 15.9 Å². The van der Waals surface area contributed by atoms with E-state index in [9.17, 15) is 0 Å². The van der Waals surface area contributed by atoms with E-state index in [-0.39, 0.29) is 6.04 Å². The smallest absolute Gasteiger partial charge is 0.116 e. The van der Waals surface area contributed by atoms with E-state index in [1.165, 1.54) is 11.1 Å². The van der Waals surface area contributed by atoms with Crippen LogP contribution in [0.4, 0.5) is 0 Å². The van der Waals surface area contributed by atoms with Crippen LogP contribution in [0.25, 0.3) is 0 Å². The second-order valence-corrected chi connectivity index (χ2v) is 3.45. The fraction of sp³-hybridized carbons (Fsp3) is 0.250. The number of fused-ring (bicyclic) bond motifs is 1. The Bertz CT molecular complexity index is 310. The summed E-state index contributed by atoms with van der Waals surface area (Å²) in [6.45, 7) is 2.07. The molecule has 0 bridgehead atoms. The molecule has 0 aromatic rings. The maximum Gasteiger partial charge on any atom is 0.116 e. The van der Waals surface area contributed by atoms with Crippen molar-refractivity contribution in [1.29, 1.82) is 0 Å². The van der Waals surface area contributed by atoms with Gasteiger partial charge in [-0.05, 0) is 18.6 Å². The zero-order chi connectivity index (χ0) is 7.84. The highest BCUT2D eigenvalue weighted by Gasteiger charge is 2.20. The zero-order valence-corrected chi connectivity index (χ0v) is 7.67. The Morgan fingerprint density at radius 1 is 1.55 bits per heavy atom. The Morgan fingerprint density at radius 2 is 2.36 bits per heavy atom. The maximum atomic E-state index is 4.03. The summed E-state index contributed by atoms with van der Waals surface area (Å²) in [5, 5.41) is 7.90. The normalized spacial score (nSPS) is 27.5. The van der Waals surface area contributed by atoms with Crippen molar-refractivity contribution in [3.05, 3.63) is 34.0 Å². The first-order chi connectivity index (χ1) is 5.29. The van der Waals surface area contributed by atoms with E-state index in [0.29, 0.717) is 0 Å². The van der Waals surface area contributed by atoms with Crippen LogP contribution in [0.15, 0.2) is 44.2 Å². The van der Waals surface area contributed by atoms with E-state index in [1.807, 2.05) is 18.4 Å². The van der Waals surface area contributed by atoms with E-state index >= 15 is 0 Å². The van der Waals surface area contributed by atoms with E-state index in [0.717, 1.165) is 4.48 Å². The van der Waals surface area contributed by atoms with Crippen molar-refractivity contribution in [2.45, 2.75) is 13.0 Å². The molecule has 1 atom stereocenters. The highest BCUT2D eigenvalue weighted by Crippen LogP contribution is 2.32. The molecule has 0 fully saturated rings. The van der Waals surface area contributed by atoms with E-state index in [4.69, 9.17) is 0 Å². The van der Waals surface area contributed by atoms with Crippen molar-refractivity contribution in [3.63, 3.8) is 0 Å². The van der Waals surface area contributed by atoms with Crippen molar-refractivity contribution < 1.29 is 0 Å². The molecule has 2 aliphatic rings. The molecule has 0 spiro atoms. The first-order valence-electron chi connectivity index (χ1n) is 3.44. The fourth-order valence-electron chi connectivity index (χ4n) is 1.21. The third-order valence-electron chi connectivity index (χ3n) is 1.92. The van der Waals surface area contributed by atoms with Crippen LogP contribution in [-0.4, -0.2) is 6.04 Å². The van der Waals surface area contributed by atoms with Crippen molar-refractivity contribution in [2.75, 3.05) is 0 Å². The average molecular weight is 211 g/mol. The number of nitrogens with zero attached hydrogens (tertiary/aromatic N) is 2. The molecule has 11 heavy (non-hydrogen) atoms. The van der Waals surface area contributed by atoms with Crippen LogP contribution < -0.4 is 0 Å². The van der Waals surface area contributed by atoms with E-state index in [2.05, 4.69) is 33.1 Å². The second-order valence-electron chi connectivity index (χ2n) is 2.59. The van der Waals surface area contributed by atoms with Gasteiger partial charge in [0.05, 0.1) is 6.20 Å². The molecule has 1 heterocycles. The fourth-order valence-corrected chi connectivity index (χ4v) is 1.59. The van der Waals surface area contributed by atoms with Crippen molar-refractivity contribution in [3.8, 4) is 0 Å². The Labute approximate surface area is 73.5 Å². The van der Waals surface area contributed by atoms with Crippen molar-refractivity contribution in [2.24, 2.45) is 10.2 Å². The van der Waals surface area contributed by atoms with Gasteiger partial charge in [-0.3, -0.25) is 0 Å². The van der Waals surface area contributed by atoms with Crippen LogP contribution in [0.3, 0.4) is 0 Å². The van der Waals surface area contributed by atoms with Gasteiger partial charge in [0.1, 0.15) is 6.04 Å². The van der Waals surface area contributed by atoms with Gasteiger partial charge in [-0.1, -0.05) is 22.0 Å². The first-order valence-corrected chi connectivity index (χ1v) is 4.23. The van der Waals surface area contributed by atoms with Crippen LogP contribution in [0, 0.1) is 0 Å². The van der Waals surface area contributed by atoms with Crippen LogP contribution in [0.2, 0.25) is 0 Å². The summed E-state index contributed by atoms with van der Waals surface area (Å²) in [6, 6.07) is 0.177. The standard InChI is InChI=1S/C8H7BrN2/c1-5-6-4-10-11-8(6)3-2-7(5)9/h2-4,8H,1H3/t8-/m1/s1. The largest absolute Gasteiger partial charge is 0.177 e. The molecule has 56 valence electrons. The SMILES string of the molecule is CC1=C(Br)C=C[C@H]2N=NC=C12. The first kappa shape index (κ1) is 6.98. The van der Waals surface area contributed by atoms with Gasteiger partial charge in [-0.25, -0.2) is 0 Å². The zero-order valence-electron chi connectivity index (χ0n) is 6.08. The van der Waals surface area contributed by atoms with E-state index < -0.39 is 0 Å². The highest BCUT2D eigenvalue weighted by atomic mass is 79.9. The molecule has 1 aliphatic carbocycles. The van der Waals surface area contributed by atoms with Gasteiger partial charge in [-0.2, -0.15) is 10.2 Å². The molecule has 1 aliphatic heterocycles. The Balaban J connectivity index is 2.48. The summed E-state index contributed by atoms with van der Waals surface area (Å²) >= 11 is 3.46. The second kappa shape index (κ2) is 2.41. The molecule has 0 saturated heterocycles. The minimum absolute atomic E-state index is 0.177. The third kappa shape index (κ3) is 0.997.